The van der Waals surface area contributed by atoms with E-state index in [1.54, 1.807) is 0 Å². The highest BCUT2D eigenvalue weighted by Crippen LogP contribution is 2.30. The Morgan fingerprint density at radius 2 is 1.76 bits per heavy atom. The molecule has 0 aliphatic carbocycles. The van der Waals surface area contributed by atoms with Crippen LogP contribution < -0.4 is 0 Å². The Hall–Kier alpha value is -2.03. The summed E-state index contributed by atoms with van der Waals surface area (Å²) in [6.45, 7) is 8.40. The molecule has 0 amide bonds. The molecule has 0 saturated heterocycles. The van der Waals surface area contributed by atoms with E-state index in [0.29, 0.717) is 5.76 Å². The van der Waals surface area contributed by atoms with Gasteiger partial charge in [0.05, 0.1) is 6.42 Å². The maximum absolute atomic E-state index is 10.7. The molecule has 0 aliphatic rings. The van der Waals surface area contributed by atoms with Crippen LogP contribution in [0.2, 0.25) is 0 Å². The number of furan rings is 1. The van der Waals surface area contributed by atoms with Crippen molar-refractivity contribution in [2.45, 2.75) is 45.4 Å². The van der Waals surface area contributed by atoms with E-state index in [1.165, 1.54) is 5.56 Å². The quantitative estimate of drug-likeness (QED) is 0.876. The molecular weight excluding hydrogens is 264 g/mol. The van der Waals surface area contributed by atoms with Gasteiger partial charge in [-0.2, -0.15) is 0 Å². The lowest BCUT2D eigenvalue weighted by atomic mass is 9.86. The molecule has 3 heteroatoms. The maximum Gasteiger partial charge on any atom is 0.304 e. The van der Waals surface area contributed by atoms with Gasteiger partial charge in [0.25, 0.3) is 0 Å². The number of carbonyl (C=O) groups is 1. The zero-order valence-corrected chi connectivity index (χ0v) is 13.0. The topological polar surface area (TPSA) is 50.4 Å². The Bertz CT molecular complexity index is 615. The third-order valence-electron chi connectivity index (χ3n) is 3.63. The van der Waals surface area contributed by atoms with E-state index in [-0.39, 0.29) is 17.8 Å². The first-order chi connectivity index (χ1) is 9.77. The van der Waals surface area contributed by atoms with E-state index in [2.05, 4.69) is 32.9 Å². The third-order valence-corrected chi connectivity index (χ3v) is 3.63. The van der Waals surface area contributed by atoms with Gasteiger partial charge in [-0.05, 0) is 23.1 Å². The van der Waals surface area contributed by atoms with Crippen LogP contribution in [0.4, 0.5) is 0 Å². The summed E-state index contributed by atoms with van der Waals surface area (Å²) < 4.78 is 5.79. The number of aliphatic carboxylic acids is 1. The summed E-state index contributed by atoms with van der Waals surface area (Å²) in [6, 6.07) is 12.1. The number of carboxylic acid groups (broad SMARTS) is 1. The SMILES string of the molecule is CC(CC(=O)O)c1ccc(-c2ccc(C(C)(C)C)cc2)o1. The Morgan fingerprint density at radius 1 is 1.14 bits per heavy atom. The molecule has 1 aromatic heterocycles. The lowest BCUT2D eigenvalue weighted by molar-refractivity contribution is -0.137. The van der Waals surface area contributed by atoms with Gasteiger partial charge in [-0.1, -0.05) is 52.0 Å². The lowest BCUT2D eigenvalue weighted by Crippen LogP contribution is -2.10. The van der Waals surface area contributed by atoms with Crippen LogP contribution in [-0.4, -0.2) is 11.1 Å². The smallest absolute Gasteiger partial charge is 0.304 e. The van der Waals surface area contributed by atoms with Crippen molar-refractivity contribution in [2.75, 3.05) is 0 Å². The summed E-state index contributed by atoms with van der Waals surface area (Å²) in [5.74, 6) is 0.565. The summed E-state index contributed by atoms with van der Waals surface area (Å²) in [6.07, 6.45) is 0.0793. The molecule has 0 saturated carbocycles. The Morgan fingerprint density at radius 3 is 2.29 bits per heavy atom. The molecule has 1 atom stereocenters. The molecule has 21 heavy (non-hydrogen) atoms. The van der Waals surface area contributed by atoms with Crippen molar-refractivity contribution < 1.29 is 14.3 Å². The fraction of sp³-hybridized carbons (Fsp3) is 0.389. The van der Waals surface area contributed by atoms with Crippen molar-refractivity contribution in [3.63, 3.8) is 0 Å². The molecule has 0 bridgehead atoms. The van der Waals surface area contributed by atoms with E-state index < -0.39 is 5.97 Å². The molecule has 1 heterocycles. The average Bonchev–Trinajstić information content (AvgIpc) is 2.86. The highest BCUT2D eigenvalue weighted by molar-refractivity contribution is 5.68. The standard InChI is InChI=1S/C18H22O3/c1-12(11-17(19)20)15-9-10-16(21-15)13-5-7-14(8-6-13)18(2,3)4/h5-10,12H,11H2,1-4H3,(H,19,20). The van der Waals surface area contributed by atoms with Gasteiger partial charge in [0.1, 0.15) is 11.5 Å². The maximum atomic E-state index is 10.7. The summed E-state index contributed by atoms with van der Waals surface area (Å²) in [5.41, 5.74) is 2.41. The molecule has 2 aromatic rings. The molecule has 1 N–H and O–H groups in total. The van der Waals surface area contributed by atoms with Crippen molar-refractivity contribution in [1.82, 2.24) is 0 Å². The van der Waals surface area contributed by atoms with Gasteiger partial charge in [-0.25, -0.2) is 0 Å². The molecule has 1 aromatic carbocycles. The molecule has 0 fully saturated rings. The van der Waals surface area contributed by atoms with Gasteiger partial charge in [0, 0.05) is 11.5 Å². The normalized spacial score (nSPS) is 13.1. The largest absolute Gasteiger partial charge is 0.481 e. The molecule has 0 radical (unpaired) electrons. The van der Waals surface area contributed by atoms with Crippen molar-refractivity contribution >= 4 is 5.97 Å². The van der Waals surface area contributed by atoms with Crippen LogP contribution in [0.1, 0.15) is 51.4 Å². The third kappa shape index (κ3) is 3.75. The van der Waals surface area contributed by atoms with Gasteiger partial charge < -0.3 is 9.52 Å². The minimum Gasteiger partial charge on any atom is -0.481 e. The van der Waals surface area contributed by atoms with Crippen molar-refractivity contribution in [3.05, 3.63) is 47.7 Å². The number of rotatable bonds is 4. The Balaban J connectivity index is 2.20. The highest BCUT2D eigenvalue weighted by atomic mass is 16.4. The predicted molar refractivity (Wildman–Crippen MR) is 83.5 cm³/mol. The monoisotopic (exact) mass is 286 g/mol. The summed E-state index contributed by atoms with van der Waals surface area (Å²) in [4.78, 5) is 10.7. The van der Waals surface area contributed by atoms with Gasteiger partial charge in [0.15, 0.2) is 0 Å². The summed E-state index contributed by atoms with van der Waals surface area (Å²) in [7, 11) is 0. The van der Waals surface area contributed by atoms with Gasteiger partial charge in [0.2, 0.25) is 0 Å². The van der Waals surface area contributed by atoms with Crippen LogP contribution in [-0.2, 0) is 10.2 Å². The second-order valence-corrected chi connectivity index (χ2v) is 6.53. The first-order valence-corrected chi connectivity index (χ1v) is 7.20. The van der Waals surface area contributed by atoms with Crippen molar-refractivity contribution in [3.8, 4) is 11.3 Å². The Kier molecular flexibility index (Phi) is 4.21. The molecule has 2 rings (SSSR count). The second-order valence-electron chi connectivity index (χ2n) is 6.53. The summed E-state index contributed by atoms with van der Waals surface area (Å²) >= 11 is 0. The number of hydrogen-bond donors (Lipinski definition) is 1. The molecule has 3 nitrogen and oxygen atoms in total. The predicted octanol–water partition coefficient (Wildman–Crippen LogP) is 4.82. The van der Waals surface area contributed by atoms with E-state index >= 15 is 0 Å². The van der Waals surface area contributed by atoms with E-state index in [9.17, 15) is 4.79 Å². The van der Waals surface area contributed by atoms with Crippen molar-refractivity contribution in [2.24, 2.45) is 0 Å². The fourth-order valence-electron chi connectivity index (χ4n) is 2.27. The Labute approximate surface area is 125 Å². The minimum atomic E-state index is -0.810. The van der Waals surface area contributed by atoms with E-state index in [4.69, 9.17) is 9.52 Å². The van der Waals surface area contributed by atoms with Crippen LogP contribution in [0, 0.1) is 0 Å². The first-order valence-electron chi connectivity index (χ1n) is 7.20. The molecule has 112 valence electrons. The van der Waals surface area contributed by atoms with Gasteiger partial charge in [-0.15, -0.1) is 0 Å². The minimum absolute atomic E-state index is 0.0793. The summed E-state index contributed by atoms with van der Waals surface area (Å²) in [5, 5.41) is 8.83. The number of benzene rings is 1. The van der Waals surface area contributed by atoms with Crippen LogP contribution in [0.15, 0.2) is 40.8 Å². The molecule has 1 unspecified atom stereocenters. The fourth-order valence-corrected chi connectivity index (χ4v) is 2.27. The number of carboxylic acids is 1. The zero-order valence-electron chi connectivity index (χ0n) is 13.0. The van der Waals surface area contributed by atoms with Crippen LogP contribution in [0.5, 0.6) is 0 Å². The molecule has 0 spiro atoms. The van der Waals surface area contributed by atoms with E-state index in [0.717, 1.165) is 11.3 Å². The van der Waals surface area contributed by atoms with E-state index in [1.807, 2.05) is 31.2 Å². The van der Waals surface area contributed by atoms with Crippen LogP contribution >= 0.6 is 0 Å². The van der Waals surface area contributed by atoms with Gasteiger partial charge >= 0.3 is 5.97 Å². The average molecular weight is 286 g/mol. The van der Waals surface area contributed by atoms with Crippen molar-refractivity contribution in [1.29, 1.82) is 0 Å². The molecular formula is C18H22O3. The number of hydrogen-bond acceptors (Lipinski definition) is 2. The van der Waals surface area contributed by atoms with Crippen LogP contribution in [0.3, 0.4) is 0 Å². The highest BCUT2D eigenvalue weighted by Gasteiger charge is 2.16. The van der Waals surface area contributed by atoms with Crippen LogP contribution in [0.25, 0.3) is 11.3 Å². The van der Waals surface area contributed by atoms with Gasteiger partial charge in [-0.3, -0.25) is 4.79 Å². The first kappa shape index (κ1) is 15.4. The molecule has 0 aliphatic heterocycles. The lowest BCUT2D eigenvalue weighted by Gasteiger charge is -2.18. The zero-order chi connectivity index (χ0) is 15.6. The second kappa shape index (κ2) is 5.76.